The van der Waals surface area contributed by atoms with E-state index in [0.717, 1.165) is 51.5 Å². The molecule has 0 bridgehead atoms. The minimum absolute atomic E-state index is 0.541. The maximum atomic E-state index is 6.11. The van der Waals surface area contributed by atoms with Crippen molar-refractivity contribution in [1.82, 2.24) is 4.98 Å². The number of aromatic nitrogens is 1. The Morgan fingerprint density at radius 1 is 1.04 bits per heavy atom. The van der Waals surface area contributed by atoms with Crippen LogP contribution in [0.2, 0.25) is 0 Å². The molecule has 1 aliphatic rings. The lowest BCUT2D eigenvalue weighted by atomic mass is 9.99. The Morgan fingerprint density at radius 3 is 2.58 bits per heavy atom. The molecule has 2 heterocycles. The first-order valence-electron chi connectivity index (χ1n) is 9.21. The lowest BCUT2D eigenvalue weighted by Crippen LogP contribution is -2.33. The van der Waals surface area contributed by atoms with Crippen molar-refractivity contribution in [3.63, 3.8) is 0 Å². The highest BCUT2D eigenvalue weighted by molar-refractivity contribution is 9.10. The number of pyridine rings is 1. The van der Waals surface area contributed by atoms with Gasteiger partial charge in [-0.3, -0.25) is 0 Å². The van der Waals surface area contributed by atoms with Crippen molar-refractivity contribution in [2.24, 2.45) is 5.92 Å². The predicted molar refractivity (Wildman–Crippen MR) is 111 cm³/mol. The van der Waals surface area contributed by atoms with Crippen LogP contribution in [0.1, 0.15) is 25.3 Å². The lowest BCUT2D eigenvalue weighted by Gasteiger charge is -2.31. The molecule has 0 atom stereocenters. The molecule has 26 heavy (non-hydrogen) atoms. The summed E-state index contributed by atoms with van der Waals surface area (Å²) >= 11 is 3.47. The number of hydrogen-bond donors (Lipinski definition) is 0. The standard InChI is InChI=1S/C22H23BrN2O/c1-16-11-13-25(14-12-16)21-10-7-18-3-2-4-20(22(18)24-21)26-15-17-5-8-19(23)9-6-17/h2-10,16H,11-15H2,1H3. The summed E-state index contributed by atoms with van der Waals surface area (Å²) in [4.78, 5) is 7.34. The molecule has 3 nitrogen and oxygen atoms in total. The molecule has 0 aliphatic carbocycles. The summed E-state index contributed by atoms with van der Waals surface area (Å²) < 4.78 is 7.19. The molecule has 0 unspecified atom stereocenters. The number of anilines is 1. The van der Waals surface area contributed by atoms with Gasteiger partial charge in [0.05, 0.1) is 0 Å². The van der Waals surface area contributed by atoms with Crippen molar-refractivity contribution in [3.8, 4) is 5.75 Å². The number of nitrogens with zero attached hydrogens (tertiary/aromatic N) is 2. The first-order valence-corrected chi connectivity index (χ1v) is 10.0. The second kappa shape index (κ2) is 7.67. The normalized spacial score (nSPS) is 15.4. The quantitative estimate of drug-likeness (QED) is 0.542. The van der Waals surface area contributed by atoms with Gasteiger partial charge in [-0.1, -0.05) is 47.1 Å². The summed E-state index contributed by atoms with van der Waals surface area (Å²) in [5.74, 6) is 2.72. The minimum atomic E-state index is 0.541. The van der Waals surface area contributed by atoms with Crippen molar-refractivity contribution in [2.75, 3.05) is 18.0 Å². The van der Waals surface area contributed by atoms with E-state index in [1.54, 1.807) is 0 Å². The van der Waals surface area contributed by atoms with Crippen LogP contribution in [0, 0.1) is 5.92 Å². The molecule has 0 amide bonds. The topological polar surface area (TPSA) is 25.4 Å². The summed E-state index contributed by atoms with van der Waals surface area (Å²) in [6.07, 6.45) is 2.48. The number of benzene rings is 2. The highest BCUT2D eigenvalue weighted by Crippen LogP contribution is 2.29. The Kier molecular flexibility index (Phi) is 5.11. The van der Waals surface area contributed by atoms with Gasteiger partial charge in [0, 0.05) is 22.9 Å². The van der Waals surface area contributed by atoms with E-state index in [1.807, 2.05) is 24.3 Å². The van der Waals surface area contributed by atoms with Crippen LogP contribution in [-0.4, -0.2) is 18.1 Å². The van der Waals surface area contributed by atoms with E-state index >= 15 is 0 Å². The predicted octanol–water partition coefficient (Wildman–Crippen LogP) is 5.81. The van der Waals surface area contributed by atoms with E-state index in [9.17, 15) is 0 Å². The van der Waals surface area contributed by atoms with Crippen molar-refractivity contribution < 1.29 is 4.74 Å². The molecule has 3 aromatic rings. The number of fused-ring (bicyclic) bond motifs is 1. The molecule has 1 saturated heterocycles. The largest absolute Gasteiger partial charge is 0.487 e. The van der Waals surface area contributed by atoms with Crippen LogP contribution in [0.4, 0.5) is 5.82 Å². The van der Waals surface area contributed by atoms with Gasteiger partial charge in [0.25, 0.3) is 0 Å². The smallest absolute Gasteiger partial charge is 0.146 e. The van der Waals surface area contributed by atoms with Gasteiger partial charge in [-0.25, -0.2) is 4.98 Å². The van der Waals surface area contributed by atoms with Gasteiger partial charge in [-0.15, -0.1) is 0 Å². The van der Waals surface area contributed by atoms with Crippen molar-refractivity contribution in [2.45, 2.75) is 26.4 Å². The monoisotopic (exact) mass is 410 g/mol. The van der Waals surface area contributed by atoms with E-state index < -0.39 is 0 Å². The Bertz CT molecular complexity index is 886. The van der Waals surface area contributed by atoms with Crippen LogP contribution < -0.4 is 9.64 Å². The third-order valence-electron chi connectivity index (χ3n) is 5.08. The van der Waals surface area contributed by atoms with Crippen LogP contribution in [0.3, 0.4) is 0 Å². The minimum Gasteiger partial charge on any atom is -0.487 e. The SMILES string of the molecule is CC1CCN(c2ccc3cccc(OCc4ccc(Br)cc4)c3n2)CC1. The fourth-order valence-electron chi connectivity index (χ4n) is 3.38. The van der Waals surface area contributed by atoms with E-state index in [1.165, 1.54) is 12.8 Å². The zero-order chi connectivity index (χ0) is 17.9. The summed E-state index contributed by atoms with van der Waals surface area (Å²) in [5.41, 5.74) is 2.09. The Morgan fingerprint density at radius 2 is 1.81 bits per heavy atom. The summed E-state index contributed by atoms with van der Waals surface area (Å²) in [5, 5.41) is 1.12. The molecule has 2 aromatic carbocycles. The van der Waals surface area contributed by atoms with Crippen molar-refractivity contribution in [3.05, 3.63) is 64.6 Å². The van der Waals surface area contributed by atoms with Gasteiger partial charge in [0.2, 0.25) is 0 Å². The lowest BCUT2D eigenvalue weighted by molar-refractivity contribution is 0.309. The maximum absolute atomic E-state index is 6.11. The molecule has 1 aromatic heterocycles. The zero-order valence-electron chi connectivity index (χ0n) is 15.0. The molecular weight excluding hydrogens is 388 g/mol. The van der Waals surface area contributed by atoms with Crippen molar-refractivity contribution in [1.29, 1.82) is 0 Å². The highest BCUT2D eigenvalue weighted by atomic mass is 79.9. The van der Waals surface area contributed by atoms with Crippen LogP contribution >= 0.6 is 15.9 Å². The fraction of sp³-hybridized carbons (Fsp3) is 0.318. The molecule has 4 heteroatoms. The molecule has 1 fully saturated rings. The number of halogens is 1. The molecule has 0 N–H and O–H groups in total. The Labute approximate surface area is 163 Å². The fourth-order valence-corrected chi connectivity index (χ4v) is 3.65. The molecular formula is C22H23BrN2O. The summed E-state index contributed by atoms with van der Waals surface area (Å²) in [6.45, 7) is 5.04. The second-order valence-corrected chi connectivity index (χ2v) is 8.00. The average Bonchev–Trinajstić information content (AvgIpc) is 2.68. The first kappa shape index (κ1) is 17.3. The highest BCUT2D eigenvalue weighted by Gasteiger charge is 2.17. The number of para-hydroxylation sites is 1. The number of hydrogen-bond acceptors (Lipinski definition) is 3. The molecule has 0 radical (unpaired) electrons. The number of rotatable bonds is 4. The molecule has 0 saturated carbocycles. The van der Waals surface area contributed by atoms with E-state index in [0.29, 0.717) is 6.61 Å². The Hall–Kier alpha value is -2.07. The van der Waals surface area contributed by atoms with Crippen LogP contribution in [-0.2, 0) is 6.61 Å². The van der Waals surface area contributed by atoms with Crippen molar-refractivity contribution >= 4 is 32.7 Å². The maximum Gasteiger partial charge on any atom is 0.146 e. The summed E-state index contributed by atoms with van der Waals surface area (Å²) in [6, 6.07) is 18.6. The third-order valence-corrected chi connectivity index (χ3v) is 5.61. The molecule has 134 valence electrons. The van der Waals surface area contributed by atoms with Gasteiger partial charge in [0.1, 0.15) is 23.7 Å². The second-order valence-electron chi connectivity index (χ2n) is 7.08. The first-order chi connectivity index (χ1) is 12.7. The van der Waals surface area contributed by atoms with E-state index in [2.05, 4.69) is 58.1 Å². The molecule has 4 rings (SSSR count). The van der Waals surface area contributed by atoms with Crippen LogP contribution in [0.25, 0.3) is 10.9 Å². The van der Waals surface area contributed by atoms with Gasteiger partial charge in [-0.05, 0) is 54.7 Å². The van der Waals surface area contributed by atoms with E-state index in [4.69, 9.17) is 9.72 Å². The molecule has 1 aliphatic heterocycles. The molecule has 0 spiro atoms. The van der Waals surface area contributed by atoms with Gasteiger partial charge >= 0.3 is 0 Å². The van der Waals surface area contributed by atoms with Gasteiger partial charge < -0.3 is 9.64 Å². The van der Waals surface area contributed by atoms with Gasteiger partial charge in [0.15, 0.2) is 0 Å². The average molecular weight is 411 g/mol. The van der Waals surface area contributed by atoms with E-state index in [-0.39, 0.29) is 0 Å². The summed E-state index contributed by atoms with van der Waals surface area (Å²) in [7, 11) is 0. The van der Waals surface area contributed by atoms with Gasteiger partial charge in [-0.2, -0.15) is 0 Å². The third kappa shape index (κ3) is 3.85. The number of ether oxygens (including phenoxy) is 1. The van der Waals surface area contributed by atoms with Crippen LogP contribution in [0.5, 0.6) is 5.75 Å². The number of piperidine rings is 1. The van der Waals surface area contributed by atoms with Crippen LogP contribution in [0.15, 0.2) is 59.1 Å². The zero-order valence-corrected chi connectivity index (χ0v) is 16.6. The Balaban J connectivity index is 1.58.